The Labute approximate surface area is 182 Å². The third kappa shape index (κ3) is 5.02. The molecule has 0 radical (unpaired) electrons. The molecule has 0 saturated heterocycles. The molecule has 3 N–H and O–H groups in total. The molecule has 2 heterocycles. The number of benzene rings is 1. The van der Waals surface area contributed by atoms with Gasteiger partial charge in [-0.1, -0.05) is 29.6 Å². The molecule has 0 atom stereocenters. The highest BCUT2D eigenvalue weighted by molar-refractivity contribution is 6.42. The highest BCUT2D eigenvalue weighted by atomic mass is 35.5. The lowest BCUT2D eigenvalue weighted by atomic mass is 10.2. The number of carbonyl (C=O) groups is 1. The van der Waals surface area contributed by atoms with E-state index in [0.717, 1.165) is 29.3 Å². The molecule has 30 heavy (non-hydrogen) atoms. The van der Waals surface area contributed by atoms with E-state index in [-0.39, 0.29) is 6.42 Å². The topological polar surface area (TPSA) is 116 Å². The number of aromatic hydroxyl groups is 1. The van der Waals surface area contributed by atoms with Crippen molar-refractivity contribution in [2.75, 3.05) is 6.54 Å². The van der Waals surface area contributed by atoms with Crippen LogP contribution in [-0.2, 0) is 0 Å². The van der Waals surface area contributed by atoms with Gasteiger partial charge in [-0.3, -0.25) is 4.79 Å². The van der Waals surface area contributed by atoms with Gasteiger partial charge in [0.2, 0.25) is 11.8 Å². The van der Waals surface area contributed by atoms with Gasteiger partial charge in [-0.2, -0.15) is 14.3 Å². The molecule has 0 fully saturated rings. The molecule has 0 unspecified atom stereocenters. The summed E-state index contributed by atoms with van der Waals surface area (Å²) in [6.45, 7) is 0.546. The number of nitrogens with zero attached hydrogens (tertiary/aromatic N) is 3. The zero-order valence-corrected chi connectivity index (χ0v) is 17.4. The zero-order valence-electron chi connectivity index (χ0n) is 15.9. The first kappa shape index (κ1) is 21.9. The maximum atomic E-state index is 12.4. The fourth-order valence-corrected chi connectivity index (χ4v) is 3.09. The lowest BCUT2D eigenvalue weighted by Crippen LogP contribution is -2.27. The Balaban J connectivity index is 1.74. The molecule has 0 spiro atoms. The fourth-order valence-electron chi connectivity index (χ4n) is 2.79. The molecular weight excluding hydrogens is 431 g/mol. The zero-order chi connectivity index (χ0) is 21.7. The number of imidazole rings is 1. The van der Waals surface area contributed by atoms with Crippen LogP contribution >= 0.6 is 23.2 Å². The van der Waals surface area contributed by atoms with Crippen molar-refractivity contribution >= 4 is 35.3 Å². The van der Waals surface area contributed by atoms with Crippen molar-refractivity contribution in [1.29, 1.82) is 0 Å². The van der Waals surface area contributed by atoms with Gasteiger partial charge in [-0.15, -0.1) is 0 Å². The van der Waals surface area contributed by atoms with Gasteiger partial charge in [0.1, 0.15) is 11.5 Å². The van der Waals surface area contributed by atoms with Crippen molar-refractivity contribution in [3.8, 4) is 17.2 Å². The third-order valence-corrected chi connectivity index (χ3v) is 5.08. The van der Waals surface area contributed by atoms with E-state index >= 15 is 0 Å². The Morgan fingerprint density at radius 3 is 2.70 bits per heavy atom. The van der Waals surface area contributed by atoms with E-state index in [0.29, 0.717) is 39.1 Å². The van der Waals surface area contributed by atoms with E-state index in [1.165, 1.54) is 6.21 Å². The highest BCUT2D eigenvalue weighted by Crippen LogP contribution is 2.29. The van der Waals surface area contributed by atoms with E-state index < -0.39 is 17.5 Å². The Morgan fingerprint density at radius 2 is 1.97 bits per heavy atom. The van der Waals surface area contributed by atoms with Crippen LogP contribution in [0.15, 0.2) is 50.8 Å². The number of nitrogens with two attached hydrogens (primary N) is 1. The Hall–Kier alpha value is -2.81. The maximum absolute atomic E-state index is 12.4. The molecule has 10 heteroatoms. The Morgan fingerprint density at radius 1 is 1.17 bits per heavy atom. The summed E-state index contributed by atoms with van der Waals surface area (Å²) in [6.07, 6.45) is 4.66. The second kappa shape index (κ2) is 9.80. The van der Waals surface area contributed by atoms with Gasteiger partial charge in [-0.25, -0.2) is 4.79 Å². The predicted octanol–water partition coefficient (Wildman–Crippen LogP) is 3.96. The summed E-state index contributed by atoms with van der Waals surface area (Å²) in [5.41, 5.74) is 5.39. The highest BCUT2D eigenvalue weighted by Gasteiger charge is 2.16. The second-order valence-corrected chi connectivity index (χ2v) is 7.33. The molecule has 2 aromatic heterocycles. The van der Waals surface area contributed by atoms with E-state index in [9.17, 15) is 14.7 Å². The number of halogens is 2. The average molecular weight is 451 g/mol. The number of hydrogen-bond donors (Lipinski definition) is 2. The van der Waals surface area contributed by atoms with Crippen molar-refractivity contribution in [2.45, 2.75) is 25.7 Å². The molecule has 0 amide bonds. The normalized spacial score (nSPS) is 11.4. The standard InChI is InChI=1S/C20H20Cl2N4O4/c21-15-7-5-13(10-16(15)22)17-8-6-14(30-17)11-24-25-12-19(28)26(20(25)29)18(27)4-2-1-3-9-23/h5-8,10-12,28H,1-4,9,23H2. The number of hydrogen-bond acceptors (Lipinski definition) is 6. The SMILES string of the molecule is NCCCCCC(=O)n1c(O)cn(N=Cc2ccc(-c3ccc(Cl)c(Cl)c3)o2)c1=O. The fraction of sp³-hybridized carbons (Fsp3) is 0.250. The van der Waals surface area contributed by atoms with Crippen LogP contribution in [0.25, 0.3) is 11.3 Å². The van der Waals surface area contributed by atoms with Crippen molar-refractivity contribution in [2.24, 2.45) is 10.8 Å². The molecule has 0 bridgehead atoms. The largest absolute Gasteiger partial charge is 0.493 e. The monoisotopic (exact) mass is 450 g/mol. The van der Waals surface area contributed by atoms with Crippen LogP contribution in [0.1, 0.15) is 36.2 Å². The molecule has 3 aromatic rings. The number of rotatable bonds is 8. The first-order valence-electron chi connectivity index (χ1n) is 9.27. The Kier molecular flexibility index (Phi) is 7.15. The van der Waals surface area contributed by atoms with E-state index in [2.05, 4.69) is 5.10 Å². The number of aromatic nitrogens is 2. The predicted molar refractivity (Wildman–Crippen MR) is 116 cm³/mol. The maximum Gasteiger partial charge on any atom is 0.358 e. The second-order valence-electron chi connectivity index (χ2n) is 6.52. The third-order valence-electron chi connectivity index (χ3n) is 4.34. The summed E-state index contributed by atoms with van der Waals surface area (Å²) in [6, 6.07) is 8.47. The lowest BCUT2D eigenvalue weighted by Gasteiger charge is -2.01. The summed E-state index contributed by atoms with van der Waals surface area (Å²) in [5, 5.41) is 14.8. The molecule has 0 aliphatic rings. The van der Waals surface area contributed by atoms with E-state index in [1.54, 1.807) is 30.3 Å². The van der Waals surface area contributed by atoms with Gasteiger partial charge in [0, 0.05) is 12.0 Å². The average Bonchev–Trinajstić information content (AvgIpc) is 3.30. The van der Waals surface area contributed by atoms with Gasteiger partial charge in [0.15, 0.2) is 0 Å². The van der Waals surface area contributed by atoms with Crippen molar-refractivity contribution in [1.82, 2.24) is 9.24 Å². The first-order valence-corrected chi connectivity index (χ1v) is 10.0. The Bertz CT molecular complexity index is 1130. The quantitative estimate of drug-likeness (QED) is 0.397. The minimum absolute atomic E-state index is 0.131. The summed E-state index contributed by atoms with van der Waals surface area (Å²) in [5.74, 6) is -0.0703. The van der Waals surface area contributed by atoms with Crippen LogP contribution in [0.2, 0.25) is 10.0 Å². The van der Waals surface area contributed by atoms with Crippen LogP contribution in [0.3, 0.4) is 0 Å². The number of furan rings is 1. The summed E-state index contributed by atoms with van der Waals surface area (Å²) in [7, 11) is 0. The van der Waals surface area contributed by atoms with E-state index in [4.69, 9.17) is 33.4 Å². The smallest absolute Gasteiger partial charge is 0.358 e. The summed E-state index contributed by atoms with van der Waals surface area (Å²) in [4.78, 5) is 24.6. The van der Waals surface area contributed by atoms with Gasteiger partial charge in [0.25, 0.3) is 0 Å². The van der Waals surface area contributed by atoms with Crippen molar-refractivity contribution in [3.05, 3.63) is 62.8 Å². The minimum atomic E-state index is -0.760. The van der Waals surface area contributed by atoms with Crippen LogP contribution in [0.5, 0.6) is 5.88 Å². The molecule has 0 aliphatic heterocycles. The molecule has 1 aromatic carbocycles. The summed E-state index contributed by atoms with van der Waals surface area (Å²) < 4.78 is 7.24. The van der Waals surface area contributed by atoms with Gasteiger partial charge in [0.05, 0.1) is 22.5 Å². The lowest BCUT2D eigenvalue weighted by molar-refractivity contribution is 0.0885. The molecule has 3 rings (SSSR count). The first-order chi connectivity index (χ1) is 14.4. The molecule has 0 aliphatic carbocycles. The molecular formula is C20H20Cl2N4O4. The van der Waals surface area contributed by atoms with Crippen LogP contribution < -0.4 is 11.4 Å². The van der Waals surface area contributed by atoms with E-state index in [1.807, 2.05) is 0 Å². The molecule has 8 nitrogen and oxygen atoms in total. The molecule has 0 saturated carbocycles. The van der Waals surface area contributed by atoms with Crippen molar-refractivity contribution in [3.63, 3.8) is 0 Å². The minimum Gasteiger partial charge on any atom is -0.493 e. The molecule has 158 valence electrons. The van der Waals surface area contributed by atoms with Gasteiger partial charge >= 0.3 is 5.69 Å². The van der Waals surface area contributed by atoms with Gasteiger partial charge in [-0.05, 0) is 49.7 Å². The number of unbranched alkanes of at least 4 members (excludes halogenated alkanes) is 2. The van der Waals surface area contributed by atoms with Crippen LogP contribution in [0, 0.1) is 0 Å². The van der Waals surface area contributed by atoms with Gasteiger partial charge < -0.3 is 15.3 Å². The van der Waals surface area contributed by atoms with Crippen LogP contribution in [-0.4, -0.2) is 33.0 Å². The van der Waals surface area contributed by atoms with Crippen LogP contribution in [0.4, 0.5) is 0 Å². The van der Waals surface area contributed by atoms with Crippen molar-refractivity contribution < 1.29 is 14.3 Å². The number of carbonyl (C=O) groups excluding carboxylic acids is 1. The summed E-state index contributed by atoms with van der Waals surface area (Å²) >= 11 is 11.9.